The van der Waals surface area contributed by atoms with Crippen molar-refractivity contribution in [2.24, 2.45) is 0 Å². The van der Waals surface area contributed by atoms with Gasteiger partial charge in [0.05, 0.1) is 0 Å². The number of carbonyl (C=O) groups excluding carboxylic acids is 2. The minimum atomic E-state index is -0.418. The maximum absolute atomic E-state index is 10.6. The topological polar surface area (TPSA) is 46.2 Å². The van der Waals surface area contributed by atoms with Crippen LogP contribution in [0.1, 0.15) is 6.42 Å². The van der Waals surface area contributed by atoms with Gasteiger partial charge in [0, 0.05) is 18.2 Å². The number of rotatable bonds is 2. The van der Waals surface area contributed by atoms with Crippen LogP contribution in [0.3, 0.4) is 0 Å². The number of amides is 1. The Morgan fingerprint density at radius 1 is 1.70 bits per heavy atom. The smallest absolute Gasteiger partial charge is 0.287 e. The Kier molecular flexibility index (Phi) is 2.32. The van der Waals surface area contributed by atoms with Gasteiger partial charge in [0.15, 0.2) is 0 Å². The van der Waals surface area contributed by atoms with Gasteiger partial charge in [-0.15, -0.1) is 0 Å². The summed E-state index contributed by atoms with van der Waals surface area (Å²) in [6, 6.07) is 0.0787. The second-order valence-corrected chi connectivity index (χ2v) is 3.16. The molecule has 0 spiro atoms. The molecule has 1 saturated heterocycles. The largest absolute Gasteiger partial charge is 0.345 e. The fourth-order valence-corrected chi connectivity index (χ4v) is 1.54. The van der Waals surface area contributed by atoms with Gasteiger partial charge in [-0.05, 0) is 6.26 Å². The molecule has 1 heterocycles. The molecule has 0 aromatic heterocycles. The molecule has 0 radical (unpaired) electrons. The molecule has 1 unspecified atom stereocenters. The Labute approximate surface area is 63.6 Å². The van der Waals surface area contributed by atoms with E-state index in [1.54, 1.807) is 11.8 Å². The summed E-state index contributed by atoms with van der Waals surface area (Å²) < 4.78 is 0. The van der Waals surface area contributed by atoms with E-state index in [0.717, 1.165) is 5.75 Å². The van der Waals surface area contributed by atoms with Crippen molar-refractivity contribution in [3.63, 3.8) is 0 Å². The van der Waals surface area contributed by atoms with Crippen LogP contribution in [0.2, 0.25) is 0 Å². The highest BCUT2D eigenvalue weighted by molar-refractivity contribution is 7.98. The predicted molar refractivity (Wildman–Crippen MR) is 39.9 cm³/mol. The molecular formula is C6H9NO2S. The monoisotopic (exact) mass is 159 g/mol. The molecule has 1 aliphatic rings. The zero-order valence-electron chi connectivity index (χ0n) is 5.72. The van der Waals surface area contributed by atoms with Crippen molar-refractivity contribution in [3.05, 3.63) is 0 Å². The molecule has 0 aliphatic carbocycles. The number of Topliss-reactive ketones (excluding diaryl/α,β-unsaturated/α-hetero) is 1. The van der Waals surface area contributed by atoms with Crippen LogP contribution < -0.4 is 5.32 Å². The van der Waals surface area contributed by atoms with Crippen molar-refractivity contribution in [3.8, 4) is 0 Å². The minimum Gasteiger partial charge on any atom is -0.345 e. The molecule has 0 aromatic rings. The zero-order chi connectivity index (χ0) is 7.56. The van der Waals surface area contributed by atoms with Crippen LogP contribution in [-0.4, -0.2) is 29.7 Å². The maximum Gasteiger partial charge on any atom is 0.287 e. The summed E-state index contributed by atoms with van der Waals surface area (Å²) in [5.41, 5.74) is 0. The van der Waals surface area contributed by atoms with Gasteiger partial charge in [-0.3, -0.25) is 9.59 Å². The lowest BCUT2D eigenvalue weighted by molar-refractivity contribution is -0.135. The molecule has 1 rings (SSSR count). The molecular weight excluding hydrogens is 150 g/mol. The van der Waals surface area contributed by atoms with Crippen LogP contribution in [0.5, 0.6) is 0 Å². The van der Waals surface area contributed by atoms with Crippen LogP contribution in [0, 0.1) is 0 Å². The number of nitrogens with one attached hydrogen (secondary N) is 1. The molecule has 1 N–H and O–H groups in total. The Morgan fingerprint density at radius 2 is 2.40 bits per heavy atom. The third kappa shape index (κ3) is 1.50. The number of hydrogen-bond acceptors (Lipinski definition) is 3. The summed E-state index contributed by atoms with van der Waals surface area (Å²) in [6.07, 6.45) is 2.33. The van der Waals surface area contributed by atoms with Gasteiger partial charge >= 0.3 is 0 Å². The highest BCUT2D eigenvalue weighted by Gasteiger charge is 2.28. The van der Waals surface area contributed by atoms with Crippen molar-refractivity contribution >= 4 is 23.5 Å². The Hall–Kier alpha value is -0.510. The normalized spacial score (nSPS) is 25.1. The van der Waals surface area contributed by atoms with Gasteiger partial charge < -0.3 is 5.32 Å². The Balaban J connectivity index is 2.41. The highest BCUT2D eigenvalue weighted by atomic mass is 32.2. The standard InChI is InChI=1S/C6H9NO2S/c1-10-3-4-2-5(8)6(9)7-4/h4H,2-3H2,1H3,(H,7,9). The van der Waals surface area contributed by atoms with Crippen molar-refractivity contribution in [2.45, 2.75) is 12.5 Å². The molecule has 3 nitrogen and oxygen atoms in total. The molecule has 1 amide bonds. The quantitative estimate of drug-likeness (QED) is 0.568. The van der Waals surface area contributed by atoms with Gasteiger partial charge in [0.25, 0.3) is 5.91 Å². The van der Waals surface area contributed by atoms with E-state index < -0.39 is 5.91 Å². The van der Waals surface area contributed by atoms with E-state index in [-0.39, 0.29) is 11.8 Å². The summed E-state index contributed by atoms with van der Waals surface area (Å²) in [7, 11) is 0. The minimum absolute atomic E-state index is 0.0787. The van der Waals surface area contributed by atoms with Crippen molar-refractivity contribution in [2.75, 3.05) is 12.0 Å². The Bertz CT molecular complexity index is 153. The third-order valence-electron chi connectivity index (χ3n) is 1.39. The van der Waals surface area contributed by atoms with Crippen LogP contribution in [0.15, 0.2) is 0 Å². The highest BCUT2D eigenvalue weighted by Crippen LogP contribution is 2.07. The first-order valence-corrected chi connectivity index (χ1v) is 4.46. The lowest BCUT2D eigenvalue weighted by Gasteiger charge is -2.03. The predicted octanol–water partition coefficient (Wildman–Crippen LogP) is -0.193. The molecule has 0 saturated carbocycles. The molecule has 1 fully saturated rings. The van der Waals surface area contributed by atoms with E-state index in [1.165, 1.54) is 0 Å². The van der Waals surface area contributed by atoms with E-state index in [4.69, 9.17) is 0 Å². The fourth-order valence-electron chi connectivity index (χ4n) is 0.935. The van der Waals surface area contributed by atoms with Crippen LogP contribution >= 0.6 is 11.8 Å². The molecule has 1 atom stereocenters. The van der Waals surface area contributed by atoms with Gasteiger partial charge in [-0.1, -0.05) is 0 Å². The van der Waals surface area contributed by atoms with E-state index in [0.29, 0.717) is 6.42 Å². The van der Waals surface area contributed by atoms with Gasteiger partial charge in [-0.2, -0.15) is 11.8 Å². The summed E-state index contributed by atoms with van der Waals surface area (Å²) in [6.45, 7) is 0. The van der Waals surface area contributed by atoms with E-state index in [1.807, 2.05) is 6.26 Å². The maximum atomic E-state index is 10.6. The van der Waals surface area contributed by atoms with Crippen molar-refractivity contribution in [1.82, 2.24) is 5.32 Å². The molecule has 0 bridgehead atoms. The molecule has 10 heavy (non-hydrogen) atoms. The average Bonchev–Trinajstić information content (AvgIpc) is 2.14. The summed E-state index contributed by atoms with van der Waals surface area (Å²) in [5, 5.41) is 2.60. The van der Waals surface area contributed by atoms with Crippen molar-refractivity contribution < 1.29 is 9.59 Å². The van der Waals surface area contributed by atoms with Crippen LogP contribution in [0.25, 0.3) is 0 Å². The Morgan fingerprint density at radius 3 is 2.80 bits per heavy atom. The lowest BCUT2D eigenvalue weighted by Crippen LogP contribution is -2.27. The van der Waals surface area contributed by atoms with Gasteiger partial charge in [-0.25, -0.2) is 0 Å². The van der Waals surface area contributed by atoms with E-state index >= 15 is 0 Å². The first kappa shape index (κ1) is 7.60. The summed E-state index contributed by atoms with van der Waals surface area (Å²) in [5.74, 6) is 0.135. The van der Waals surface area contributed by atoms with Crippen molar-refractivity contribution in [1.29, 1.82) is 0 Å². The third-order valence-corrected chi connectivity index (χ3v) is 2.12. The fraction of sp³-hybridized carbons (Fsp3) is 0.667. The second-order valence-electron chi connectivity index (χ2n) is 2.25. The first-order valence-electron chi connectivity index (χ1n) is 3.06. The van der Waals surface area contributed by atoms with Gasteiger partial charge in [0.1, 0.15) is 0 Å². The number of ketones is 1. The zero-order valence-corrected chi connectivity index (χ0v) is 6.53. The second kappa shape index (κ2) is 3.05. The molecule has 1 aliphatic heterocycles. The van der Waals surface area contributed by atoms with Gasteiger partial charge in [0.2, 0.25) is 5.78 Å². The molecule has 0 aromatic carbocycles. The lowest BCUT2D eigenvalue weighted by atomic mass is 10.2. The number of hydrogen-bond donors (Lipinski definition) is 1. The summed E-state index contributed by atoms with van der Waals surface area (Å²) >= 11 is 1.64. The summed E-state index contributed by atoms with van der Waals surface area (Å²) in [4.78, 5) is 21.2. The van der Waals surface area contributed by atoms with Crippen LogP contribution in [0.4, 0.5) is 0 Å². The van der Waals surface area contributed by atoms with E-state index in [2.05, 4.69) is 5.32 Å². The molecule has 56 valence electrons. The van der Waals surface area contributed by atoms with Crippen LogP contribution in [-0.2, 0) is 9.59 Å². The molecule has 4 heteroatoms. The average molecular weight is 159 g/mol. The number of carbonyl (C=O) groups is 2. The van der Waals surface area contributed by atoms with E-state index in [9.17, 15) is 9.59 Å². The number of thioether (sulfide) groups is 1. The first-order chi connectivity index (χ1) is 4.74. The SMILES string of the molecule is CSCC1CC(=O)C(=O)N1.